The fourth-order valence-corrected chi connectivity index (χ4v) is 3.49. The lowest BCUT2D eigenvalue weighted by molar-refractivity contribution is -0.115. The second-order valence-electron chi connectivity index (χ2n) is 5.52. The van der Waals surface area contributed by atoms with E-state index in [-0.39, 0.29) is 19.1 Å². The molecule has 0 aromatic heterocycles. The molecule has 9 heteroatoms. The second-order valence-corrected chi connectivity index (χ2v) is 7.32. The van der Waals surface area contributed by atoms with Gasteiger partial charge in [0.25, 0.3) is 0 Å². The van der Waals surface area contributed by atoms with Gasteiger partial charge in [-0.25, -0.2) is 13.1 Å². The van der Waals surface area contributed by atoms with Crippen LogP contribution in [-0.2, 0) is 20.6 Å². The highest BCUT2D eigenvalue weighted by atomic mass is 32.2. The molecule has 3 rings (SSSR count). The smallest absolute Gasteiger partial charge is 0.239 e. The van der Waals surface area contributed by atoms with Crippen LogP contribution in [0.2, 0.25) is 0 Å². The van der Waals surface area contributed by atoms with Gasteiger partial charge in [0.05, 0.1) is 25.1 Å². The summed E-state index contributed by atoms with van der Waals surface area (Å²) in [5.74, 6) is 0.806. The minimum atomic E-state index is -3.69. The summed E-state index contributed by atoms with van der Waals surface area (Å²) in [6.45, 7) is -0.266. The third-order valence-electron chi connectivity index (χ3n) is 3.63. The molecule has 1 amide bonds. The van der Waals surface area contributed by atoms with Crippen LogP contribution < -0.4 is 24.2 Å². The van der Waals surface area contributed by atoms with Crippen LogP contribution in [-0.4, -0.2) is 34.8 Å². The monoisotopic (exact) mass is 378 g/mol. The first-order chi connectivity index (χ1) is 12.5. The molecule has 2 N–H and O–H groups in total. The van der Waals surface area contributed by atoms with E-state index >= 15 is 0 Å². The Morgan fingerprint density at radius 1 is 1.15 bits per heavy atom. The maximum Gasteiger partial charge on any atom is 0.239 e. The van der Waals surface area contributed by atoms with Crippen molar-refractivity contribution in [1.82, 2.24) is 4.72 Å². The van der Waals surface area contributed by atoms with Crippen molar-refractivity contribution in [2.45, 2.75) is 5.75 Å². The first kappa shape index (κ1) is 18.0. The average molecular weight is 378 g/mol. The molecule has 26 heavy (non-hydrogen) atoms. The fraction of sp³-hybridized carbons (Fsp3) is 0.235. The highest BCUT2D eigenvalue weighted by Crippen LogP contribution is 2.32. The predicted octanol–water partition coefficient (Wildman–Crippen LogP) is 1.48. The Kier molecular flexibility index (Phi) is 5.29. The van der Waals surface area contributed by atoms with Gasteiger partial charge >= 0.3 is 0 Å². The molecule has 0 unspecified atom stereocenters. The van der Waals surface area contributed by atoms with Gasteiger partial charge in [0.2, 0.25) is 22.7 Å². The number of methoxy groups -OCH3 is 1. The number of carbonyl (C=O) groups excluding carboxylic acids is 1. The molecule has 8 nitrogen and oxygen atoms in total. The van der Waals surface area contributed by atoms with Crippen LogP contribution in [0.1, 0.15) is 5.56 Å². The molecule has 1 heterocycles. The largest absolute Gasteiger partial charge is 0.495 e. The van der Waals surface area contributed by atoms with Gasteiger partial charge in [-0.05, 0) is 29.8 Å². The molecule has 0 spiro atoms. The van der Waals surface area contributed by atoms with E-state index in [4.69, 9.17) is 14.2 Å². The zero-order valence-corrected chi connectivity index (χ0v) is 14.8. The van der Waals surface area contributed by atoms with Crippen molar-refractivity contribution >= 4 is 21.6 Å². The minimum absolute atomic E-state index is 0.118. The van der Waals surface area contributed by atoms with Crippen LogP contribution >= 0.6 is 0 Å². The lowest BCUT2D eigenvalue weighted by Crippen LogP contribution is -2.33. The Morgan fingerprint density at radius 3 is 2.73 bits per heavy atom. The molecular formula is C17H18N2O6S. The van der Waals surface area contributed by atoms with Gasteiger partial charge in [0.1, 0.15) is 5.75 Å². The second kappa shape index (κ2) is 7.63. The van der Waals surface area contributed by atoms with Crippen molar-refractivity contribution in [2.75, 3.05) is 25.8 Å². The number of sulfonamides is 1. The summed E-state index contributed by atoms with van der Waals surface area (Å²) in [5, 5.41) is 2.60. The molecule has 0 saturated carbocycles. The average Bonchev–Trinajstić information content (AvgIpc) is 3.08. The third-order valence-corrected chi connectivity index (χ3v) is 4.92. The van der Waals surface area contributed by atoms with E-state index in [2.05, 4.69) is 10.0 Å². The first-order valence-corrected chi connectivity index (χ1v) is 9.41. The molecule has 138 valence electrons. The summed E-state index contributed by atoms with van der Waals surface area (Å²) < 4.78 is 42.2. The highest BCUT2D eigenvalue weighted by Gasteiger charge is 2.18. The number of fused-ring (bicyclic) bond motifs is 1. The minimum Gasteiger partial charge on any atom is -0.495 e. The molecule has 2 aromatic rings. The molecular weight excluding hydrogens is 360 g/mol. The number of anilines is 1. The summed E-state index contributed by atoms with van der Waals surface area (Å²) in [6, 6.07) is 11.8. The number of nitrogens with one attached hydrogen (secondary N) is 2. The maximum atomic E-state index is 12.2. The summed E-state index contributed by atoms with van der Waals surface area (Å²) in [7, 11) is -2.21. The number of hydrogen-bond acceptors (Lipinski definition) is 6. The van der Waals surface area contributed by atoms with E-state index in [1.807, 2.05) is 0 Å². The Balaban J connectivity index is 1.57. The number of hydrogen-bond donors (Lipinski definition) is 2. The Morgan fingerprint density at radius 2 is 1.92 bits per heavy atom. The standard InChI is InChI=1S/C17H18N2O6S/c1-23-14-5-3-2-4-13(14)19-17(20)9-18-26(21,22)10-12-6-7-15-16(8-12)25-11-24-15/h2-8,18H,9-11H2,1H3,(H,19,20). The number of carbonyl (C=O) groups is 1. The third kappa shape index (κ3) is 4.44. The number of rotatable bonds is 7. The number of amides is 1. The van der Waals surface area contributed by atoms with E-state index in [1.54, 1.807) is 42.5 Å². The molecule has 1 aliphatic heterocycles. The van der Waals surface area contributed by atoms with E-state index in [0.717, 1.165) is 0 Å². The summed E-state index contributed by atoms with van der Waals surface area (Å²) >= 11 is 0. The van der Waals surface area contributed by atoms with E-state index in [1.165, 1.54) is 7.11 Å². The molecule has 0 aliphatic carbocycles. The lowest BCUT2D eigenvalue weighted by atomic mass is 10.2. The fourth-order valence-electron chi connectivity index (χ4n) is 2.42. The van der Waals surface area contributed by atoms with Crippen molar-refractivity contribution in [3.63, 3.8) is 0 Å². The van der Waals surface area contributed by atoms with Gasteiger partial charge in [0, 0.05) is 0 Å². The van der Waals surface area contributed by atoms with Crippen molar-refractivity contribution in [1.29, 1.82) is 0 Å². The number of benzene rings is 2. The van der Waals surface area contributed by atoms with Gasteiger partial charge in [-0.1, -0.05) is 18.2 Å². The predicted molar refractivity (Wildman–Crippen MR) is 94.8 cm³/mol. The van der Waals surface area contributed by atoms with Crippen LogP contribution in [0.25, 0.3) is 0 Å². The van der Waals surface area contributed by atoms with Gasteiger partial charge in [-0.2, -0.15) is 0 Å². The zero-order valence-electron chi connectivity index (χ0n) is 14.0. The van der Waals surface area contributed by atoms with E-state index in [9.17, 15) is 13.2 Å². The van der Waals surface area contributed by atoms with Crippen LogP contribution in [0, 0.1) is 0 Å². The van der Waals surface area contributed by atoms with Crippen molar-refractivity contribution < 1.29 is 27.4 Å². The van der Waals surface area contributed by atoms with Crippen LogP contribution in [0.5, 0.6) is 17.2 Å². The number of ether oxygens (including phenoxy) is 3. The van der Waals surface area contributed by atoms with Crippen LogP contribution in [0.3, 0.4) is 0 Å². The Labute approximate surface area is 151 Å². The maximum absolute atomic E-state index is 12.2. The normalized spacial score (nSPS) is 12.7. The van der Waals surface area contributed by atoms with Crippen LogP contribution in [0.4, 0.5) is 5.69 Å². The van der Waals surface area contributed by atoms with E-state index in [0.29, 0.717) is 28.5 Å². The molecule has 0 saturated heterocycles. The van der Waals surface area contributed by atoms with E-state index < -0.39 is 15.9 Å². The molecule has 1 aliphatic rings. The van der Waals surface area contributed by atoms with Gasteiger partial charge < -0.3 is 19.5 Å². The summed E-state index contributed by atoms with van der Waals surface area (Å²) in [6.07, 6.45) is 0. The first-order valence-electron chi connectivity index (χ1n) is 7.75. The topological polar surface area (TPSA) is 103 Å². The van der Waals surface area contributed by atoms with Crippen molar-refractivity contribution in [3.8, 4) is 17.2 Å². The molecule has 0 atom stereocenters. The highest BCUT2D eigenvalue weighted by molar-refractivity contribution is 7.88. The van der Waals surface area contributed by atoms with Gasteiger partial charge in [0.15, 0.2) is 11.5 Å². The van der Waals surface area contributed by atoms with Crippen LogP contribution in [0.15, 0.2) is 42.5 Å². The molecule has 0 radical (unpaired) electrons. The van der Waals surface area contributed by atoms with Crippen molar-refractivity contribution in [2.24, 2.45) is 0 Å². The van der Waals surface area contributed by atoms with Gasteiger partial charge in [-0.3, -0.25) is 4.79 Å². The quantitative estimate of drug-likeness (QED) is 0.757. The lowest BCUT2D eigenvalue weighted by Gasteiger charge is -2.11. The molecule has 0 bridgehead atoms. The number of para-hydroxylation sites is 2. The molecule has 0 fully saturated rings. The van der Waals surface area contributed by atoms with Gasteiger partial charge in [-0.15, -0.1) is 0 Å². The Hall–Kier alpha value is -2.78. The zero-order chi connectivity index (χ0) is 18.6. The summed E-state index contributed by atoms with van der Waals surface area (Å²) in [5.41, 5.74) is 1.00. The Bertz CT molecular complexity index is 913. The molecule has 2 aromatic carbocycles. The van der Waals surface area contributed by atoms with Crippen molar-refractivity contribution in [3.05, 3.63) is 48.0 Å². The summed E-state index contributed by atoms with van der Waals surface area (Å²) in [4.78, 5) is 12.0. The SMILES string of the molecule is COc1ccccc1NC(=O)CNS(=O)(=O)Cc1ccc2c(c1)OCO2.